The van der Waals surface area contributed by atoms with Crippen molar-refractivity contribution >= 4 is 40.3 Å². The Morgan fingerprint density at radius 3 is 2.79 bits per heavy atom. The fourth-order valence-electron chi connectivity index (χ4n) is 2.57. The number of nitrogens with zero attached hydrogens (tertiary/aromatic N) is 1. The second-order valence-electron chi connectivity index (χ2n) is 6.04. The van der Waals surface area contributed by atoms with Crippen molar-refractivity contribution in [2.24, 2.45) is 0 Å². The van der Waals surface area contributed by atoms with Crippen LogP contribution in [0, 0.1) is 18.3 Å². The summed E-state index contributed by atoms with van der Waals surface area (Å²) in [4.78, 5) is 37.2. The van der Waals surface area contributed by atoms with Crippen LogP contribution in [0.25, 0.3) is 11.0 Å². The molecule has 1 aromatic heterocycles. The molecule has 1 amide bonds. The van der Waals surface area contributed by atoms with Crippen LogP contribution in [0.1, 0.15) is 16.1 Å². The van der Waals surface area contributed by atoms with Crippen LogP contribution < -0.4 is 10.7 Å². The molecule has 29 heavy (non-hydrogen) atoms. The molecule has 0 aliphatic heterocycles. The Morgan fingerprint density at radius 1 is 1.21 bits per heavy atom. The van der Waals surface area contributed by atoms with E-state index in [1.54, 1.807) is 42.5 Å². The standard InChI is InChI=1S/C21H16N2O5S/c1-13-6-7-17-14(10-13)16(24)11-18(28-17)21(26)27-12-20(25)23-15-4-2-3-5-19(15)29-9-8-22/h2-7,10-11H,9,12H2,1H3,(H,23,25). The lowest BCUT2D eigenvalue weighted by Gasteiger charge is -2.10. The maximum absolute atomic E-state index is 12.2. The number of nitriles is 1. The second kappa shape index (κ2) is 9.08. The third kappa shape index (κ3) is 5.03. The van der Waals surface area contributed by atoms with Crippen molar-refractivity contribution in [2.75, 3.05) is 17.7 Å². The quantitative estimate of drug-likeness (QED) is 0.491. The molecule has 7 nitrogen and oxygen atoms in total. The Morgan fingerprint density at radius 2 is 2.00 bits per heavy atom. The number of nitrogens with one attached hydrogen (secondary N) is 1. The number of anilines is 1. The number of thioether (sulfide) groups is 1. The normalized spacial score (nSPS) is 10.3. The molecule has 0 spiro atoms. The summed E-state index contributed by atoms with van der Waals surface area (Å²) in [5, 5.41) is 11.7. The van der Waals surface area contributed by atoms with Gasteiger partial charge in [0, 0.05) is 11.0 Å². The van der Waals surface area contributed by atoms with Crippen LogP contribution in [0.4, 0.5) is 5.69 Å². The summed E-state index contributed by atoms with van der Waals surface area (Å²) in [5.41, 5.74) is 1.31. The lowest BCUT2D eigenvalue weighted by Crippen LogP contribution is -2.21. The lowest BCUT2D eigenvalue weighted by molar-refractivity contribution is -0.119. The van der Waals surface area contributed by atoms with Crippen molar-refractivity contribution in [1.82, 2.24) is 0 Å². The van der Waals surface area contributed by atoms with Crippen molar-refractivity contribution in [3.63, 3.8) is 0 Å². The van der Waals surface area contributed by atoms with Gasteiger partial charge in [0.2, 0.25) is 5.76 Å². The number of carbonyl (C=O) groups is 2. The van der Waals surface area contributed by atoms with E-state index < -0.39 is 18.5 Å². The maximum Gasteiger partial charge on any atom is 0.374 e. The number of hydrogen-bond acceptors (Lipinski definition) is 7. The average Bonchev–Trinajstić information content (AvgIpc) is 2.71. The molecule has 0 fully saturated rings. The van der Waals surface area contributed by atoms with Crippen LogP contribution in [0.2, 0.25) is 0 Å². The molecular weight excluding hydrogens is 392 g/mol. The van der Waals surface area contributed by atoms with E-state index in [0.717, 1.165) is 16.5 Å². The Labute approximate surface area is 170 Å². The summed E-state index contributed by atoms with van der Waals surface area (Å²) in [7, 11) is 0. The number of benzene rings is 2. The van der Waals surface area contributed by atoms with Gasteiger partial charge < -0.3 is 14.5 Å². The van der Waals surface area contributed by atoms with Crippen LogP contribution in [-0.4, -0.2) is 24.2 Å². The second-order valence-corrected chi connectivity index (χ2v) is 7.06. The first kappa shape index (κ1) is 20.2. The van der Waals surface area contributed by atoms with Gasteiger partial charge in [-0.25, -0.2) is 4.79 Å². The molecule has 3 rings (SSSR count). The zero-order chi connectivity index (χ0) is 20.8. The highest BCUT2D eigenvalue weighted by Gasteiger charge is 2.16. The maximum atomic E-state index is 12.2. The SMILES string of the molecule is Cc1ccc2oc(C(=O)OCC(=O)Nc3ccccc3SCC#N)cc(=O)c2c1. The third-order valence-corrected chi connectivity index (χ3v) is 4.81. The van der Waals surface area contributed by atoms with Crippen molar-refractivity contribution in [3.8, 4) is 6.07 Å². The molecule has 0 saturated heterocycles. The van der Waals surface area contributed by atoms with Gasteiger partial charge in [0.05, 0.1) is 22.9 Å². The van der Waals surface area contributed by atoms with E-state index in [1.165, 1.54) is 11.8 Å². The van der Waals surface area contributed by atoms with Crippen molar-refractivity contribution < 1.29 is 18.7 Å². The molecule has 0 aliphatic rings. The van der Waals surface area contributed by atoms with Crippen LogP contribution in [-0.2, 0) is 9.53 Å². The summed E-state index contributed by atoms with van der Waals surface area (Å²) in [6.45, 7) is 1.29. The first-order chi connectivity index (χ1) is 14.0. The van der Waals surface area contributed by atoms with E-state index in [2.05, 4.69) is 5.32 Å². The molecular formula is C21H16N2O5S. The van der Waals surface area contributed by atoms with Gasteiger partial charge in [-0.2, -0.15) is 5.26 Å². The summed E-state index contributed by atoms with van der Waals surface area (Å²) in [6, 6.07) is 15.1. The molecule has 0 saturated carbocycles. The van der Waals surface area contributed by atoms with Gasteiger partial charge in [0.15, 0.2) is 12.0 Å². The number of fused-ring (bicyclic) bond motifs is 1. The molecule has 0 aliphatic carbocycles. The summed E-state index contributed by atoms with van der Waals surface area (Å²) in [5.74, 6) is -1.50. The van der Waals surface area contributed by atoms with Crippen molar-refractivity contribution in [3.05, 3.63) is 70.1 Å². The number of amides is 1. The lowest BCUT2D eigenvalue weighted by atomic mass is 10.1. The topological polar surface area (TPSA) is 109 Å². The summed E-state index contributed by atoms with van der Waals surface area (Å²) in [6.07, 6.45) is 0. The van der Waals surface area contributed by atoms with Gasteiger partial charge in [0.1, 0.15) is 5.58 Å². The molecule has 0 atom stereocenters. The minimum Gasteiger partial charge on any atom is -0.450 e. The molecule has 146 valence electrons. The number of para-hydroxylation sites is 1. The number of esters is 1. The minimum absolute atomic E-state index is 0.238. The molecule has 8 heteroatoms. The molecule has 1 N–H and O–H groups in total. The Balaban J connectivity index is 1.66. The number of hydrogen-bond donors (Lipinski definition) is 1. The molecule has 1 heterocycles. The Kier molecular flexibility index (Phi) is 6.32. The predicted molar refractivity (Wildman–Crippen MR) is 109 cm³/mol. The van der Waals surface area contributed by atoms with Crippen LogP contribution >= 0.6 is 11.8 Å². The summed E-state index contributed by atoms with van der Waals surface area (Å²) < 4.78 is 10.4. The number of ether oxygens (including phenoxy) is 1. The first-order valence-corrected chi connectivity index (χ1v) is 9.57. The van der Waals surface area contributed by atoms with Crippen LogP contribution in [0.5, 0.6) is 0 Å². The summed E-state index contributed by atoms with van der Waals surface area (Å²) >= 11 is 1.28. The average molecular weight is 408 g/mol. The van der Waals surface area contributed by atoms with Crippen LogP contribution in [0.15, 0.2) is 62.6 Å². The molecule has 0 unspecified atom stereocenters. The Hall–Kier alpha value is -3.57. The van der Waals surface area contributed by atoms with E-state index in [4.69, 9.17) is 14.4 Å². The van der Waals surface area contributed by atoms with Crippen molar-refractivity contribution in [1.29, 1.82) is 5.26 Å². The predicted octanol–water partition coefficient (Wildman–Crippen LogP) is 3.51. The molecule has 2 aromatic carbocycles. The highest BCUT2D eigenvalue weighted by atomic mass is 32.2. The first-order valence-electron chi connectivity index (χ1n) is 8.58. The van der Waals surface area contributed by atoms with E-state index in [-0.39, 0.29) is 22.5 Å². The van der Waals surface area contributed by atoms with E-state index >= 15 is 0 Å². The van der Waals surface area contributed by atoms with Gasteiger partial charge in [-0.05, 0) is 31.2 Å². The monoisotopic (exact) mass is 408 g/mol. The fourth-order valence-corrected chi connectivity index (χ4v) is 3.23. The van der Waals surface area contributed by atoms with E-state index in [1.807, 2.05) is 13.0 Å². The van der Waals surface area contributed by atoms with Gasteiger partial charge in [0.25, 0.3) is 5.91 Å². The van der Waals surface area contributed by atoms with Gasteiger partial charge in [-0.1, -0.05) is 23.8 Å². The minimum atomic E-state index is -0.910. The molecule has 3 aromatic rings. The largest absolute Gasteiger partial charge is 0.450 e. The fraction of sp³-hybridized carbons (Fsp3) is 0.143. The number of aryl methyl sites for hydroxylation is 1. The zero-order valence-corrected chi connectivity index (χ0v) is 16.2. The highest BCUT2D eigenvalue weighted by molar-refractivity contribution is 7.99. The van der Waals surface area contributed by atoms with Gasteiger partial charge >= 0.3 is 5.97 Å². The smallest absolute Gasteiger partial charge is 0.374 e. The highest BCUT2D eigenvalue weighted by Crippen LogP contribution is 2.26. The van der Waals surface area contributed by atoms with Gasteiger partial charge in [-0.15, -0.1) is 11.8 Å². The zero-order valence-electron chi connectivity index (χ0n) is 15.4. The molecule has 0 bridgehead atoms. The Bertz CT molecular complexity index is 1180. The van der Waals surface area contributed by atoms with Gasteiger partial charge in [-0.3, -0.25) is 9.59 Å². The third-order valence-electron chi connectivity index (χ3n) is 3.87. The van der Waals surface area contributed by atoms with Crippen molar-refractivity contribution in [2.45, 2.75) is 11.8 Å². The van der Waals surface area contributed by atoms with E-state index in [0.29, 0.717) is 11.1 Å². The molecule has 0 radical (unpaired) electrons. The number of carbonyl (C=O) groups excluding carboxylic acids is 2. The number of rotatable bonds is 6. The van der Waals surface area contributed by atoms with Crippen LogP contribution in [0.3, 0.4) is 0 Å². The van der Waals surface area contributed by atoms with E-state index in [9.17, 15) is 14.4 Å².